The van der Waals surface area contributed by atoms with Gasteiger partial charge in [-0.1, -0.05) is 61.9 Å². The monoisotopic (exact) mass is 309 g/mol. The summed E-state index contributed by atoms with van der Waals surface area (Å²) in [4.78, 5) is 2.34. The van der Waals surface area contributed by atoms with Crippen LogP contribution in [0.15, 0.2) is 36.4 Å². The summed E-state index contributed by atoms with van der Waals surface area (Å²) in [6.07, 6.45) is 2.58. The van der Waals surface area contributed by atoms with Crippen LogP contribution in [0.1, 0.15) is 47.7 Å². The molecule has 1 nitrogen and oxygen atoms in total. The molecule has 0 fully saturated rings. The van der Waals surface area contributed by atoms with Crippen LogP contribution in [0, 0.1) is 19.8 Å². The maximum Gasteiger partial charge on any atom is 0.0237 e. The third-order valence-corrected chi connectivity index (χ3v) is 4.74. The summed E-state index contributed by atoms with van der Waals surface area (Å²) < 4.78 is 0. The Bertz CT molecular complexity index is 612. The molecule has 0 amide bonds. The molecular weight excluding hydrogens is 278 g/mol. The summed E-state index contributed by atoms with van der Waals surface area (Å²) in [5.74, 6) is 0.867. The molecule has 23 heavy (non-hydrogen) atoms. The summed E-state index contributed by atoms with van der Waals surface area (Å²) in [7, 11) is 2.16. The van der Waals surface area contributed by atoms with Crippen molar-refractivity contribution in [3.8, 4) is 0 Å². The van der Waals surface area contributed by atoms with Gasteiger partial charge in [-0.05, 0) is 61.9 Å². The van der Waals surface area contributed by atoms with Crippen molar-refractivity contribution in [2.24, 2.45) is 5.92 Å². The highest BCUT2D eigenvalue weighted by Crippen LogP contribution is 2.26. The second kappa shape index (κ2) is 7.31. The minimum Gasteiger partial charge on any atom is -0.298 e. The van der Waals surface area contributed by atoms with Crippen LogP contribution in [-0.2, 0) is 25.9 Å². The average molecular weight is 309 g/mol. The fourth-order valence-electron chi connectivity index (χ4n) is 3.66. The maximum atomic E-state index is 2.34. The second-order valence-electron chi connectivity index (χ2n) is 7.23. The molecule has 1 aliphatic carbocycles. The first-order chi connectivity index (χ1) is 10.5. The van der Waals surface area contributed by atoms with E-state index in [9.17, 15) is 0 Å². The topological polar surface area (TPSA) is 3.24 Å². The standard InChI is InChI=1S/C11H14.C10H13N.CH4/c1-8-3-4-10-6-9(2)7-11(10)5-8;1-8-3-4-9-6-11(2)7-10(9)5-8;/h3-5,9H,6-7H2,1-2H3;3-5H,6-7H2,1-2H3;1H4. The first-order valence-electron chi connectivity index (χ1n) is 8.36. The van der Waals surface area contributed by atoms with E-state index in [1.807, 2.05) is 0 Å². The van der Waals surface area contributed by atoms with Crippen LogP contribution < -0.4 is 0 Å². The summed E-state index contributed by atoms with van der Waals surface area (Å²) >= 11 is 0. The molecule has 124 valence electrons. The second-order valence-corrected chi connectivity index (χ2v) is 7.23. The van der Waals surface area contributed by atoms with Crippen molar-refractivity contribution in [2.75, 3.05) is 7.05 Å². The lowest BCUT2D eigenvalue weighted by Crippen LogP contribution is -2.07. The van der Waals surface area contributed by atoms with Crippen molar-refractivity contribution in [2.45, 2.75) is 54.1 Å². The van der Waals surface area contributed by atoms with Gasteiger partial charge >= 0.3 is 0 Å². The van der Waals surface area contributed by atoms with Gasteiger partial charge in [-0.25, -0.2) is 0 Å². The van der Waals surface area contributed by atoms with E-state index < -0.39 is 0 Å². The molecule has 1 heterocycles. The molecule has 0 saturated carbocycles. The largest absolute Gasteiger partial charge is 0.298 e. The predicted octanol–water partition coefficient (Wildman–Crippen LogP) is 5.31. The SMILES string of the molecule is C.Cc1ccc2c(c1)CC(C)C2.Cc1ccc2c(c1)CN(C)C2. The number of hydrogen-bond acceptors (Lipinski definition) is 1. The molecule has 1 aliphatic heterocycles. The molecular formula is C22H31N. The first-order valence-corrected chi connectivity index (χ1v) is 8.36. The molecule has 0 saturated heterocycles. The average Bonchev–Trinajstić information content (AvgIpc) is 2.99. The normalized spacial score (nSPS) is 18.5. The maximum absolute atomic E-state index is 2.34. The zero-order chi connectivity index (χ0) is 15.7. The molecule has 2 aromatic rings. The molecule has 1 atom stereocenters. The highest BCUT2D eigenvalue weighted by molar-refractivity contribution is 5.35. The highest BCUT2D eigenvalue weighted by Gasteiger charge is 2.16. The number of fused-ring (bicyclic) bond motifs is 2. The van der Waals surface area contributed by atoms with E-state index in [4.69, 9.17) is 0 Å². The van der Waals surface area contributed by atoms with Crippen molar-refractivity contribution in [1.29, 1.82) is 0 Å². The molecule has 0 aromatic heterocycles. The Morgan fingerprint density at radius 3 is 2.00 bits per heavy atom. The smallest absolute Gasteiger partial charge is 0.0237 e. The van der Waals surface area contributed by atoms with Crippen molar-refractivity contribution in [1.82, 2.24) is 4.90 Å². The number of aryl methyl sites for hydroxylation is 2. The van der Waals surface area contributed by atoms with Crippen molar-refractivity contribution >= 4 is 0 Å². The van der Waals surface area contributed by atoms with Crippen molar-refractivity contribution < 1.29 is 0 Å². The quantitative estimate of drug-likeness (QED) is 0.638. The Hall–Kier alpha value is -1.60. The van der Waals surface area contributed by atoms with E-state index in [-0.39, 0.29) is 7.43 Å². The van der Waals surface area contributed by atoms with Crippen LogP contribution in [0.4, 0.5) is 0 Å². The van der Waals surface area contributed by atoms with Gasteiger partial charge in [0.05, 0.1) is 0 Å². The van der Waals surface area contributed by atoms with Gasteiger partial charge in [0.1, 0.15) is 0 Å². The minimum absolute atomic E-state index is 0. The Labute approximate surface area is 142 Å². The van der Waals surface area contributed by atoms with Crippen molar-refractivity contribution in [3.05, 3.63) is 69.8 Å². The molecule has 1 heteroatoms. The van der Waals surface area contributed by atoms with Gasteiger partial charge in [0.25, 0.3) is 0 Å². The Morgan fingerprint density at radius 2 is 1.30 bits per heavy atom. The molecule has 0 bridgehead atoms. The Kier molecular flexibility index (Phi) is 5.64. The van der Waals surface area contributed by atoms with Gasteiger partial charge in [0.15, 0.2) is 0 Å². The number of rotatable bonds is 0. The molecule has 1 unspecified atom stereocenters. The van der Waals surface area contributed by atoms with Crippen LogP contribution in [-0.4, -0.2) is 11.9 Å². The van der Waals surface area contributed by atoms with E-state index in [1.165, 1.54) is 35.1 Å². The molecule has 0 N–H and O–H groups in total. The van der Waals surface area contributed by atoms with Gasteiger partial charge in [-0.2, -0.15) is 0 Å². The first kappa shape index (κ1) is 17.7. The molecule has 4 rings (SSSR count). The van der Waals surface area contributed by atoms with Crippen LogP contribution in [0.25, 0.3) is 0 Å². The lowest BCUT2D eigenvalue weighted by atomic mass is 10.1. The Balaban J connectivity index is 0.000000160. The molecule has 2 aromatic carbocycles. The Morgan fingerprint density at radius 1 is 0.783 bits per heavy atom. The summed E-state index contributed by atoms with van der Waals surface area (Å²) in [5, 5.41) is 0. The van der Waals surface area contributed by atoms with Crippen molar-refractivity contribution in [3.63, 3.8) is 0 Å². The fraction of sp³-hybridized carbons (Fsp3) is 0.455. The predicted molar refractivity (Wildman–Crippen MR) is 101 cm³/mol. The van der Waals surface area contributed by atoms with E-state index >= 15 is 0 Å². The fourth-order valence-corrected chi connectivity index (χ4v) is 3.66. The molecule has 2 aliphatic rings. The summed E-state index contributed by atoms with van der Waals surface area (Å²) in [6.45, 7) is 8.89. The van der Waals surface area contributed by atoms with Gasteiger partial charge in [-0.3, -0.25) is 4.90 Å². The number of nitrogens with zero attached hydrogens (tertiary/aromatic N) is 1. The summed E-state index contributed by atoms with van der Waals surface area (Å²) in [6, 6.07) is 13.6. The van der Waals surface area contributed by atoms with E-state index in [1.54, 1.807) is 11.1 Å². The third kappa shape index (κ3) is 4.23. The number of hydrogen-bond donors (Lipinski definition) is 0. The van der Waals surface area contributed by atoms with Crippen LogP contribution in [0.5, 0.6) is 0 Å². The minimum atomic E-state index is 0. The van der Waals surface area contributed by atoms with E-state index in [0.29, 0.717) is 0 Å². The lowest BCUT2D eigenvalue weighted by molar-refractivity contribution is 0.353. The zero-order valence-electron chi connectivity index (χ0n) is 14.3. The van der Waals surface area contributed by atoms with E-state index in [2.05, 4.69) is 69.1 Å². The van der Waals surface area contributed by atoms with Gasteiger partial charge in [-0.15, -0.1) is 0 Å². The van der Waals surface area contributed by atoms with Crippen LogP contribution in [0.2, 0.25) is 0 Å². The van der Waals surface area contributed by atoms with Crippen LogP contribution >= 0.6 is 0 Å². The zero-order valence-corrected chi connectivity index (χ0v) is 14.3. The lowest BCUT2D eigenvalue weighted by Gasteiger charge is -2.02. The van der Waals surface area contributed by atoms with E-state index in [0.717, 1.165) is 19.0 Å². The van der Waals surface area contributed by atoms with Gasteiger partial charge in [0, 0.05) is 13.1 Å². The van der Waals surface area contributed by atoms with Gasteiger partial charge < -0.3 is 0 Å². The molecule has 0 radical (unpaired) electrons. The van der Waals surface area contributed by atoms with Crippen LogP contribution in [0.3, 0.4) is 0 Å². The highest BCUT2D eigenvalue weighted by atomic mass is 15.1. The number of benzene rings is 2. The molecule has 0 spiro atoms. The summed E-state index contributed by atoms with van der Waals surface area (Å²) in [5.41, 5.74) is 8.93. The van der Waals surface area contributed by atoms with Gasteiger partial charge in [0.2, 0.25) is 0 Å². The third-order valence-electron chi connectivity index (χ3n) is 4.74.